The summed E-state index contributed by atoms with van der Waals surface area (Å²) in [5, 5.41) is 8.08. The van der Waals surface area contributed by atoms with Crippen LogP contribution in [0, 0.1) is 0 Å². The van der Waals surface area contributed by atoms with Crippen LogP contribution in [0.3, 0.4) is 0 Å². The molecule has 0 spiro atoms. The minimum absolute atomic E-state index is 0.130. The first-order valence-corrected chi connectivity index (χ1v) is 13.1. The summed E-state index contributed by atoms with van der Waals surface area (Å²) in [6.07, 6.45) is 3.73. The first-order chi connectivity index (χ1) is 18.1. The summed E-state index contributed by atoms with van der Waals surface area (Å²) in [5.41, 5.74) is 2.08. The molecule has 9 nitrogen and oxygen atoms in total. The molecule has 1 aromatic heterocycles. The van der Waals surface area contributed by atoms with Crippen LogP contribution in [-0.4, -0.2) is 68.7 Å². The smallest absolute Gasteiger partial charge is 0.257 e. The average molecular weight is 525 g/mol. The van der Waals surface area contributed by atoms with Crippen molar-refractivity contribution in [2.45, 2.75) is 19.3 Å². The Bertz CT molecular complexity index is 1190. The Morgan fingerprint density at radius 3 is 2.51 bits per heavy atom. The van der Waals surface area contributed by atoms with E-state index in [2.05, 4.69) is 20.5 Å². The number of rotatable bonds is 11. The van der Waals surface area contributed by atoms with Gasteiger partial charge in [-0.25, -0.2) is 4.98 Å². The van der Waals surface area contributed by atoms with E-state index in [1.165, 1.54) is 37.7 Å². The van der Waals surface area contributed by atoms with Crippen LogP contribution in [0.5, 0.6) is 17.2 Å². The molecule has 1 aliphatic rings. The quantitative estimate of drug-likeness (QED) is 0.390. The number of hydrogen-bond donors (Lipinski definition) is 2. The molecular weight excluding hydrogens is 492 g/mol. The van der Waals surface area contributed by atoms with E-state index in [4.69, 9.17) is 14.2 Å². The number of carbonyl (C=O) groups excluding carboxylic acids is 2. The highest BCUT2D eigenvalue weighted by Gasteiger charge is 2.15. The van der Waals surface area contributed by atoms with Gasteiger partial charge in [-0.2, -0.15) is 0 Å². The Labute approximate surface area is 220 Å². The number of carbonyl (C=O) groups is 2. The molecule has 1 saturated heterocycles. The standard InChI is InChI=1S/C27H32N4O5S/c1-34-21-9-6-19(7-10-21)22-18-37-27(29-22)30-26(33)20-8-11-23(24(16-20)35-2)36-17-25(32)28-12-15-31-13-4-3-5-14-31/h6-11,16,18H,3-5,12-15,17H2,1-2H3,(H,28,32)(H,29,30,33). The van der Waals surface area contributed by atoms with E-state index >= 15 is 0 Å². The number of ether oxygens (including phenoxy) is 3. The predicted octanol–water partition coefficient (Wildman–Crippen LogP) is 4.06. The van der Waals surface area contributed by atoms with Crippen molar-refractivity contribution in [2.75, 3.05) is 52.3 Å². The number of methoxy groups -OCH3 is 2. The second kappa shape index (κ2) is 13.1. The molecule has 2 N–H and O–H groups in total. The van der Waals surface area contributed by atoms with Crippen LogP contribution in [0.25, 0.3) is 11.3 Å². The van der Waals surface area contributed by atoms with Gasteiger partial charge < -0.3 is 24.4 Å². The molecule has 37 heavy (non-hydrogen) atoms. The number of anilines is 1. The van der Waals surface area contributed by atoms with Crippen LogP contribution in [0.2, 0.25) is 0 Å². The van der Waals surface area contributed by atoms with Gasteiger partial charge in [0.2, 0.25) is 0 Å². The van der Waals surface area contributed by atoms with E-state index in [1.807, 2.05) is 29.6 Å². The largest absolute Gasteiger partial charge is 0.497 e. The van der Waals surface area contributed by atoms with Gasteiger partial charge in [-0.05, 0) is 68.4 Å². The third-order valence-corrected chi connectivity index (χ3v) is 6.85. The lowest BCUT2D eigenvalue weighted by Crippen LogP contribution is -2.39. The van der Waals surface area contributed by atoms with E-state index in [0.29, 0.717) is 28.7 Å². The zero-order chi connectivity index (χ0) is 26.0. The van der Waals surface area contributed by atoms with Crippen LogP contribution in [0.1, 0.15) is 29.6 Å². The summed E-state index contributed by atoms with van der Waals surface area (Å²) in [6, 6.07) is 12.4. The van der Waals surface area contributed by atoms with E-state index in [1.54, 1.807) is 25.3 Å². The maximum absolute atomic E-state index is 12.8. The second-order valence-electron chi connectivity index (χ2n) is 8.63. The van der Waals surface area contributed by atoms with Crippen molar-refractivity contribution >= 4 is 28.3 Å². The number of nitrogens with zero attached hydrogens (tertiary/aromatic N) is 2. The highest BCUT2D eigenvalue weighted by Crippen LogP contribution is 2.30. The maximum Gasteiger partial charge on any atom is 0.257 e. The fourth-order valence-corrected chi connectivity index (χ4v) is 4.77. The molecule has 0 saturated carbocycles. The Kier molecular flexibility index (Phi) is 9.34. The Morgan fingerprint density at radius 1 is 1.00 bits per heavy atom. The SMILES string of the molecule is COc1ccc(-c2csc(NC(=O)c3ccc(OCC(=O)NCCN4CCCCC4)c(OC)c3)n2)cc1. The summed E-state index contributed by atoms with van der Waals surface area (Å²) in [5.74, 6) is 1.00. The summed E-state index contributed by atoms with van der Waals surface area (Å²) in [7, 11) is 3.11. The molecule has 1 aliphatic heterocycles. The van der Waals surface area contributed by atoms with Crippen molar-refractivity contribution in [1.29, 1.82) is 0 Å². The lowest BCUT2D eigenvalue weighted by molar-refractivity contribution is -0.123. The van der Waals surface area contributed by atoms with E-state index in [9.17, 15) is 9.59 Å². The molecule has 0 bridgehead atoms. The van der Waals surface area contributed by atoms with Crippen LogP contribution in [-0.2, 0) is 4.79 Å². The number of likely N-dealkylation sites (tertiary alicyclic amines) is 1. The van der Waals surface area contributed by atoms with Gasteiger partial charge in [0, 0.05) is 29.6 Å². The maximum atomic E-state index is 12.8. The Morgan fingerprint density at radius 2 is 1.78 bits per heavy atom. The monoisotopic (exact) mass is 524 g/mol. The van der Waals surface area contributed by atoms with E-state index < -0.39 is 0 Å². The zero-order valence-electron chi connectivity index (χ0n) is 21.1. The number of hydrogen-bond acceptors (Lipinski definition) is 8. The highest BCUT2D eigenvalue weighted by molar-refractivity contribution is 7.14. The topological polar surface area (TPSA) is 102 Å². The normalized spacial score (nSPS) is 13.6. The summed E-state index contributed by atoms with van der Waals surface area (Å²) in [6.45, 7) is 3.50. The number of piperidine rings is 1. The molecule has 0 atom stereocenters. The molecule has 4 rings (SSSR count). The van der Waals surface area contributed by atoms with E-state index in [0.717, 1.165) is 36.6 Å². The van der Waals surface area contributed by atoms with Crippen LogP contribution in [0.15, 0.2) is 47.8 Å². The molecule has 1 fully saturated rings. The minimum Gasteiger partial charge on any atom is -0.497 e. The van der Waals surface area contributed by atoms with Crippen molar-refractivity contribution in [3.63, 3.8) is 0 Å². The molecule has 3 aromatic rings. The first kappa shape index (κ1) is 26.4. The average Bonchev–Trinajstić information content (AvgIpc) is 3.40. The Balaban J connectivity index is 1.28. The van der Waals surface area contributed by atoms with Gasteiger partial charge in [-0.1, -0.05) is 6.42 Å². The highest BCUT2D eigenvalue weighted by atomic mass is 32.1. The molecule has 2 aromatic carbocycles. The van der Waals surface area contributed by atoms with Gasteiger partial charge >= 0.3 is 0 Å². The third-order valence-electron chi connectivity index (χ3n) is 6.09. The number of amides is 2. The lowest BCUT2D eigenvalue weighted by atomic mass is 10.1. The van der Waals surface area contributed by atoms with Crippen molar-refractivity contribution < 1.29 is 23.8 Å². The Hall–Kier alpha value is -3.63. The summed E-state index contributed by atoms with van der Waals surface area (Å²) >= 11 is 1.34. The molecule has 0 radical (unpaired) electrons. The second-order valence-corrected chi connectivity index (χ2v) is 9.49. The number of thiazole rings is 1. The third kappa shape index (κ3) is 7.43. The molecule has 196 valence electrons. The van der Waals surface area contributed by atoms with Gasteiger partial charge in [-0.3, -0.25) is 14.9 Å². The number of aromatic nitrogens is 1. The van der Waals surface area contributed by atoms with Crippen LogP contribution in [0.4, 0.5) is 5.13 Å². The van der Waals surface area contributed by atoms with Crippen molar-refractivity contribution in [3.8, 4) is 28.5 Å². The minimum atomic E-state index is -0.323. The molecule has 10 heteroatoms. The summed E-state index contributed by atoms with van der Waals surface area (Å²) in [4.78, 5) is 31.9. The van der Waals surface area contributed by atoms with Crippen molar-refractivity contribution in [3.05, 3.63) is 53.4 Å². The van der Waals surface area contributed by atoms with Crippen molar-refractivity contribution in [1.82, 2.24) is 15.2 Å². The number of nitrogens with one attached hydrogen (secondary N) is 2. The first-order valence-electron chi connectivity index (χ1n) is 12.3. The lowest BCUT2D eigenvalue weighted by Gasteiger charge is -2.26. The molecule has 2 heterocycles. The van der Waals surface area contributed by atoms with Gasteiger partial charge in [0.05, 0.1) is 19.9 Å². The molecular formula is C27H32N4O5S. The van der Waals surface area contributed by atoms with Crippen molar-refractivity contribution in [2.24, 2.45) is 0 Å². The molecule has 0 aliphatic carbocycles. The van der Waals surface area contributed by atoms with Gasteiger partial charge in [-0.15, -0.1) is 11.3 Å². The zero-order valence-corrected chi connectivity index (χ0v) is 21.9. The van der Waals surface area contributed by atoms with Gasteiger partial charge in [0.15, 0.2) is 23.2 Å². The van der Waals surface area contributed by atoms with Crippen LogP contribution < -0.4 is 24.8 Å². The van der Waals surface area contributed by atoms with E-state index in [-0.39, 0.29) is 18.4 Å². The summed E-state index contributed by atoms with van der Waals surface area (Å²) < 4.78 is 16.2. The fourth-order valence-electron chi connectivity index (χ4n) is 4.05. The van der Waals surface area contributed by atoms with Gasteiger partial charge in [0.1, 0.15) is 5.75 Å². The van der Waals surface area contributed by atoms with Crippen LogP contribution >= 0.6 is 11.3 Å². The molecule has 2 amide bonds. The predicted molar refractivity (Wildman–Crippen MR) is 144 cm³/mol. The van der Waals surface area contributed by atoms with Gasteiger partial charge in [0.25, 0.3) is 11.8 Å². The molecule has 0 unspecified atom stereocenters. The fraction of sp³-hybridized carbons (Fsp3) is 0.370. The number of benzene rings is 2.